The van der Waals surface area contributed by atoms with Gasteiger partial charge in [0, 0.05) is 45.1 Å². The second-order valence-electron chi connectivity index (χ2n) is 4.93. The van der Waals surface area contributed by atoms with E-state index in [1.54, 1.807) is 17.5 Å². The lowest BCUT2D eigenvalue weighted by Gasteiger charge is -2.35. The highest BCUT2D eigenvalue weighted by atomic mass is 32.1. The Kier molecular flexibility index (Phi) is 4.40. The predicted molar refractivity (Wildman–Crippen MR) is 83.7 cm³/mol. The maximum absolute atomic E-state index is 12.1. The molecule has 1 N–H and O–H groups in total. The molecule has 0 bridgehead atoms. The molecule has 0 spiro atoms. The van der Waals surface area contributed by atoms with Gasteiger partial charge in [-0.1, -0.05) is 0 Å². The average molecular weight is 305 g/mol. The van der Waals surface area contributed by atoms with Crippen molar-refractivity contribution < 1.29 is 4.79 Å². The first-order valence-electron chi connectivity index (χ1n) is 7.11. The summed E-state index contributed by atoms with van der Waals surface area (Å²) >= 11 is 1.75. The molecule has 21 heavy (non-hydrogen) atoms. The van der Waals surface area contributed by atoms with Crippen molar-refractivity contribution in [1.82, 2.24) is 20.0 Å². The molecule has 3 heterocycles. The topological polar surface area (TPSA) is 53.4 Å². The summed E-state index contributed by atoms with van der Waals surface area (Å²) in [6.45, 7) is 4.64. The molecule has 0 unspecified atom stereocenters. The highest BCUT2D eigenvalue weighted by Crippen LogP contribution is 2.22. The van der Waals surface area contributed by atoms with E-state index in [2.05, 4.69) is 32.8 Å². The fourth-order valence-electron chi connectivity index (χ4n) is 2.40. The Morgan fingerprint density at radius 3 is 2.81 bits per heavy atom. The number of nitrogens with one attached hydrogen (secondary N) is 1. The van der Waals surface area contributed by atoms with Crippen molar-refractivity contribution in [1.29, 1.82) is 0 Å². The number of amides is 2. The molecular weight excluding hydrogens is 286 g/mol. The lowest BCUT2D eigenvalue weighted by molar-refractivity contribution is 0.194. The van der Waals surface area contributed by atoms with Crippen LogP contribution in [-0.2, 0) is 6.54 Å². The molecule has 2 amide bonds. The number of rotatable bonds is 4. The fraction of sp³-hybridized carbons (Fsp3) is 0.429. The molecule has 7 heteroatoms. The van der Waals surface area contributed by atoms with Gasteiger partial charge in [-0.15, -0.1) is 11.3 Å². The lowest BCUT2D eigenvalue weighted by atomic mass is 10.3. The van der Waals surface area contributed by atoms with E-state index in [4.69, 9.17) is 0 Å². The van der Waals surface area contributed by atoms with Crippen LogP contribution in [0.4, 0.5) is 9.80 Å². The van der Waals surface area contributed by atoms with Crippen LogP contribution in [0.15, 0.2) is 36.0 Å². The van der Waals surface area contributed by atoms with Gasteiger partial charge >= 0.3 is 6.03 Å². The highest BCUT2D eigenvalue weighted by Gasteiger charge is 2.21. The molecule has 1 aliphatic rings. The van der Waals surface area contributed by atoms with E-state index < -0.39 is 0 Å². The minimum atomic E-state index is 0.0213. The van der Waals surface area contributed by atoms with Gasteiger partial charge in [-0.05, 0) is 23.6 Å². The Morgan fingerprint density at radius 1 is 1.29 bits per heavy atom. The summed E-state index contributed by atoms with van der Waals surface area (Å²) in [5.41, 5.74) is 0. The molecule has 0 saturated carbocycles. The normalized spacial score (nSPS) is 15.2. The minimum absolute atomic E-state index is 0.0213. The maximum Gasteiger partial charge on any atom is 0.317 e. The van der Waals surface area contributed by atoms with Gasteiger partial charge in [0.1, 0.15) is 0 Å². The van der Waals surface area contributed by atoms with E-state index in [1.807, 2.05) is 21.8 Å². The second-order valence-corrected chi connectivity index (χ2v) is 5.85. The van der Waals surface area contributed by atoms with Crippen LogP contribution in [0.5, 0.6) is 0 Å². The average Bonchev–Trinajstić information content (AvgIpc) is 3.21. The Labute approximate surface area is 128 Å². The number of thiophene rings is 1. The van der Waals surface area contributed by atoms with Gasteiger partial charge in [0.15, 0.2) is 0 Å². The first kappa shape index (κ1) is 13.9. The Hall–Kier alpha value is -2.02. The SMILES string of the molecule is O=C(NCCn1cccn1)N1CCN(c2cccs2)CC1. The van der Waals surface area contributed by atoms with Crippen molar-refractivity contribution in [3.05, 3.63) is 36.0 Å². The van der Waals surface area contributed by atoms with E-state index in [0.717, 1.165) is 26.2 Å². The van der Waals surface area contributed by atoms with Crippen LogP contribution in [0.3, 0.4) is 0 Å². The monoisotopic (exact) mass is 305 g/mol. The summed E-state index contributed by atoms with van der Waals surface area (Å²) in [4.78, 5) is 16.3. The lowest BCUT2D eigenvalue weighted by Crippen LogP contribution is -2.52. The number of nitrogens with zero attached hydrogens (tertiary/aromatic N) is 4. The number of urea groups is 1. The molecule has 0 aliphatic carbocycles. The van der Waals surface area contributed by atoms with Gasteiger partial charge in [-0.2, -0.15) is 5.10 Å². The summed E-state index contributed by atoms with van der Waals surface area (Å²) in [5.74, 6) is 0. The quantitative estimate of drug-likeness (QED) is 0.931. The van der Waals surface area contributed by atoms with Gasteiger partial charge in [-0.25, -0.2) is 4.79 Å². The van der Waals surface area contributed by atoms with Crippen LogP contribution < -0.4 is 10.2 Å². The molecule has 0 aromatic carbocycles. The molecule has 3 rings (SSSR count). The number of aromatic nitrogens is 2. The number of hydrogen-bond donors (Lipinski definition) is 1. The van der Waals surface area contributed by atoms with Crippen LogP contribution in [-0.4, -0.2) is 53.4 Å². The summed E-state index contributed by atoms with van der Waals surface area (Å²) in [5, 5.41) is 10.4. The molecule has 112 valence electrons. The molecule has 1 aliphatic heterocycles. The number of carbonyl (C=O) groups excluding carboxylic acids is 1. The van der Waals surface area contributed by atoms with Gasteiger partial charge in [0.2, 0.25) is 0 Å². The molecular formula is C14H19N5OS. The molecule has 1 fully saturated rings. The Bertz CT molecular complexity index is 546. The van der Waals surface area contributed by atoms with Crippen molar-refractivity contribution in [3.63, 3.8) is 0 Å². The van der Waals surface area contributed by atoms with Crippen LogP contribution in [0, 0.1) is 0 Å². The standard InChI is InChI=1S/C14H19N5OS/c20-14(15-5-7-19-6-2-4-16-19)18-10-8-17(9-11-18)13-3-1-12-21-13/h1-4,6,12H,5,7-11H2,(H,15,20). The zero-order chi connectivity index (χ0) is 14.5. The summed E-state index contributed by atoms with van der Waals surface area (Å²) in [7, 11) is 0. The van der Waals surface area contributed by atoms with Crippen molar-refractivity contribution in [2.24, 2.45) is 0 Å². The second kappa shape index (κ2) is 6.62. The van der Waals surface area contributed by atoms with Crippen LogP contribution >= 0.6 is 11.3 Å². The van der Waals surface area contributed by atoms with Crippen molar-refractivity contribution >= 4 is 22.4 Å². The van der Waals surface area contributed by atoms with E-state index in [9.17, 15) is 4.79 Å². The third-order valence-corrected chi connectivity index (χ3v) is 4.49. The highest BCUT2D eigenvalue weighted by molar-refractivity contribution is 7.14. The smallest absolute Gasteiger partial charge is 0.317 e. The molecule has 0 radical (unpaired) electrons. The van der Waals surface area contributed by atoms with E-state index in [0.29, 0.717) is 13.1 Å². The van der Waals surface area contributed by atoms with E-state index >= 15 is 0 Å². The number of carbonyl (C=O) groups is 1. The third-order valence-electron chi connectivity index (χ3n) is 3.56. The minimum Gasteiger partial charge on any atom is -0.360 e. The maximum atomic E-state index is 12.1. The van der Waals surface area contributed by atoms with E-state index in [1.165, 1.54) is 5.00 Å². The van der Waals surface area contributed by atoms with Crippen molar-refractivity contribution in [2.75, 3.05) is 37.6 Å². The first-order valence-corrected chi connectivity index (χ1v) is 7.99. The first-order chi connectivity index (χ1) is 10.3. The summed E-state index contributed by atoms with van der Waals surface area (Å²) < 4.78 is 1.81. The largest absolute Gasteiger partial charge is 0.360 e. The van der Waals surface area contributed by atoms with Crippen LogP contribution in [0.2, 0.25) is 0 Å². The van der Waals surface area contributed by atoms with Crippen LogP contribution in [0.1, 0.15) is 0 Å². The van der Waals surface area contributed by atoms with Crippen molar-refractivity contribution in [3.8, 4) is 0 Å². The van der Waals surface area contributed by atoms with Gasteiger partial charge in [0.05, 0.1) is 11.5 Å². The van der Waals surface area contributed by atoms with E-state index in [-0.39, 0.29) is 6.03 Å². The summed E-state index contributed by atoms with van der Waals surface area (Å²) in [6, 6.07) is 6.10. The zero-order valence-electron chi connectivity index (χ0n) is 11.8. The molecule has 2 aromatic rings. The fourth-order valence-corrected chi connectivity index (χ4v) is 3.19. The molecule has 1 saturated heterocycles. The number of piperazine rings is 1. The summed E-state index contributed by atoms with van der Waals surface area (Å²) in [6.07, 6.45) is 3.64. The van der Waals surface area contributed by atoms with Crippen LogP contribution in [0.25, 0.3) is 0 Å². The Balaban J connectivity index is 1.40. The number of hydrogen-bond acceptors (Lipinski definition) is 4. The third kappa shape index (κ3) is 3.55. The number of anilines is 1. The van der Waals surface area contributed by atoms with Gasteiger partial charge in [0.25, 0.3) is 0 Å². The van der Waals surface area contributed by atoms with Gasteiger partial charge in [-0.3, -0.25) is 4.68 Å². The molecule has 6 nitrogen and oxygen atoms in total. The molecule has 0 atom stereocenters. The molecule has 2 aromatic heterocycles. The van der Waals surface area contributed by atoms with Crippen molar-refractivity contribution in [2.45, 2.75) is 6.54 Å². The van der Waals surface area contributed by atoms with Gasteiger partial charge < -0.3 is 15.1 Å². The Morgan fingerprint density at radius 2 is 2.14 bits per heavy atom. The predicted octanol–water partition coefficient (Wildman–Crippen LogP) is 1.48. The zero-order valence-corrected chi connectivity index (χ0v) is 12.6.